The number of piperidine rings is 1. The molecule has 1 aliphatic heterocycles. The van der Waals surface area contributed by atoms with Crippen LogP contribution in [0, 0.1) is 19.8 Å². The number of carbonyl (C=O) groups excluding carboxylic acids is 1. The van der Waals surface area contributed by atoms with Crippen LogP contribution in [0.25, 0.3) is 0 Å². The minimum absolute atomic E-state index is 0.0849. The lowest BCUT2D eigenvalue weighted by molar-refractivity contribution is -0.120. The zero-order valence-electron chi connectivity index (χ0n) is 16.2. The molecule has 0 aliphatic carbocycles. The summed E-state index contributed by atoms with van der Waals surface area (Å²) in [6, 6.07) is 12.2. The van der Waals surface area contributed by atoms with Gasteiger partial charge in [-0.1, -0.05) is 18.2 Å². The molecule has 1 saturated heterocycles. The van der Waals surface area contributed by atoms with Crippen LogP contribution in [0.1, 0.15) is 29.5 Å². The Hall–Kier alpha value is -2.22. The van der Waals surface area contributed by atoms with Gasteiger partial charge in [0.05, 0.1) is 11.5 Å². The van der Waals surface area contributed by atoms with Crippen molar-refractivity contribution >= 4 is 21.6 Å². The molecule has 28 heavy (non-hydrogen) atoms. The normalized spacial score (nSPS) is 16.1. The summed E-state index contributed by atoms with van der Waals surface area (Å²) in [5.41, 5.74) is 3.37. The number of aliphatic hydroxyl groups excluding tert-OH is 1. The number of carbonyl (C=O) groups is 1. The Morgan fingerprint density at radius 3 is 2.46 bits per heavy atom. The van der Waals surface area contributed by atoms with E-state index in [0.29, 0.717) is 36.5 Å². The third-order valence-corrected chi connectivity index (χ3v) is 7.21. The number of sulfonamides is 1. The van der Waals surface area contributed by atoms with Crippen LogP contribution in [0.2, 0.25) is 0 Å². The second-order valence-electron chi connectivity index (χ2n) is 7.27. The fraction of sp³-hybridized carbons (Fsp3) is 0.381. The fourth-order valence-corrected chi connectivity index (χ4v) is 4.93. The lowest BCUT2D eigenvalue weighted by Gasteiger charge is -2.30. The van der Waals surface area contributed by atoms with Crippen molar-refractivity contribution < 1.29 is 18.3 Å². The molecule has 0 atom stereocenters. The molecule has 1 amide bonds. The Labute approximate surface area is 166 Å². The quantitative estimate of drug-likeness (QED) is 0.805. The molecule has 0 saturated carbocycles. The predicted molar refractivity (Wildman–Crippen MR) is 108 cm³/mol. The van der Waals surface area contributed by atoms with Gasteiger partial charge in [0.15, 0.2) is 0 Å². The molecule has 0 unspecified atom stereocenters. The Bertz CT molecular complexity index is 964. The van der Waals surface area contributed by atoms with E-state index in [4.69, 9.17) is 0 Å². The molecular weight excluding hydrogens is 376 g/mol. The van der Waals surface area contributed by atoms with Crippen molar-refractivity contribution in [3.8, 4) is 0 Å². The summed E-state index contributed by atoms with van der Waals surface area (Å²) in [4.78, 5) is 12.8. The average molecular weight is 403 g/mol. The van der Waals surface area contributed by atoms with Gasteiger partial charge in [-0.25, -0.2) is 8.42 Å². The standard InChI is InChI=1S/C21H26N2O4S/c1-15-6-7-20(12-16(15)2)28(26,27)23-10-8-18(9-11-23)21(25)22-19-5-3-4-17(13-19)14-24/h3-7,12-13,18,24H,8-11,14H2,1-2H3,(H,22,25). The topological polar surface area (TPSA) is 86.7 Å². The van der Waals surface area contributed by atoms with Gasteiger partial charge in [-0.3, -0.25) is 4.79 Å². The smallest absolute Gasteiger partial charge is 0.243 e. The first-order valence-corrected chi connectivity index (χ1v) is 10.8. The van der Waals surface area contributed by atoms with Crippen molar-refractivity contribution in [2.75, 3.05) is 18.4 Å². The molecule has 0 spiro atoms. The highest BCUT2D eigenvalue weighted by molar-refractivity contribution is 7.89. The third kappa shape index (κ3) is 4.43. The molecule has 0 radical (unpaired) electrons. The van der Waals surface area contributed by atoms with Gasteiger partial charge < -0.3 is 10.4 Å². The number of rotatable bonds is 5. The van der Waals surface area contributed by atoms with Crippen LogP contribution >= 0.6 is 0 Å². The van der Waals surface area contributed by atoms with Crippen molar-refractivity contribution in [1.82, 2.24) is 4.31 Å². The van der Waals surface area contributed by atoms with E-state index in [1.807, 2.05) is 19.9 Å². The molecule has 2 N–H and O–H groups in total. The molecule has 150 valence electrons. The zero-order chi connectivity index (χ0) is 20.3. The maximum atomic E-state index is 12.9. The SMILES string of the molecule is Cc1ccc(S(=O)(=O)N2CCC(C(=O)Nc3cccc(CO)c3)CC2)cc1C. The monoisotopic (exact) mass is 402 g/mol. The summed E-state index contributed by atoms with van der Waals surface area (Å²) in [6.07, 6.45) is 0.963. The molecular formula is C21H26N2O4S. The van der Waals surface area contributed by atoms with Crippen LogP contribution in [-0.4, -0.2) is 36.8 Å². The minimum atomic E-state index is -3.54. The van der Waals surface area contributed by atoms with Crippen molar-refractivity contribution in [3.05, 3.63) is 59.2 Å². The Morgan fingerprint density at radius 2 is 1.82 bits per heavy atom. The summed E-state index contributed by atoms with van der Waals surface area (Å²) in [5, 5.41) is 12.1. The average Bonchev–Trinajstić information content (AvgIpc) is 2.70. The van der Waals surface area contributed by atoms with Gasteiger partial charge in [0.25, 0.3) is 0 Å². The third-order valence-electron chi connectivity index (χ3n) is 5.32. The fourth-order valence-electron chi connectivity index (χ4n) is 3.37. The van der Waals surface area contributed by atoms with Gasteiger partial charge in [0.1, 0.15) is 0 Å². The van der Waals surface area contributed by atoms with Crippen LogP contribution in [0.15, 0.2) is 47.4 Å². The summed E-state index contributed by atoms with van der Waals surface area (Å²) in [6.45, 7) is 4.41. The van der Waals surface area contributed by atoms with E-state index in [9.17, 15) is 18.3 Å². The molecule has 1 aliphatic rings. The largest absolute Gasteiger partial charge is 0.392 e. The van der Waals surface area contributed by atoms with Crippen molar-refractivity contribution in [1.29, 1.82) is 0 Å². The molecule has 1 fully saturated rings. The van der Waals surface area contributed by atoms with Gasteiger partial charge in [0, 0.05) is 24.7 Å². The van der Waals surface area contributed by atoms with E-state index in [-0.39, 0.29) is 18.4 Å². The summed E-state index contributed by atoms with van der Waals surface area (Å²) < 4.78 is 27.2. The van der Waals surface area contributed by atoms with Crippen LogP contribution in [0.4, 0.5) is 5.69 Å². The number of amides is 1. The van der Waals surface area contributed by atoms with E-state index in [0.717, 1.165) is 16.7 Å². The van der Waals surface area contributed by atoms with E-state index in [2.05, 4.69) is 5.32 Å². The van der Waals surface area contributed by atoms with E-state index in [1.165, 1.54) is 4.31 Å². The Balaban J connectivity index is 1.63. The number of nitrogens with one attached hydrogen (secondary N) is 1. The Morgan fingerprint density at radius 1 is 1.11 bits per heavy atom. The van der Waals surface area contributed by atoms with Gasteiger partial charge in [-0.15, -0.1) is 0 Å². The molecule has 3 rings (SSSR count). The number of hydrogen-bond donors (Lipinski definition) is 2. The summed E-state index contributed by atoms with van der Waals surface area (Å²) in [5.74, 6) is -0.345. The lowest BCUT2D eigenvalue weighted by atomic mass is 9.97. The van der Waals surface area contributed by atoms with Crippen LogP contribution in [-0.2, 0) is 21.4 Å². The molecule has 2 aromatic rings. The molecule has 2 aromatic carbocycles. The van der Waals surface area contributed by atoms with Gasteiger partial charge >= 0.3 is 0 Å². The molecule has 1 heterocycles. The first kappa shape index (κ1) is 20.5. The highest BCUT2D eigenvalue weighted by Crippen LogP contribution is 2.26. The predicted octanol–water partition coefficient (Wildman–Crippen LogP) is 2.84. The highest BCUT2D eigenvalue weighted by atomic mass is 32.2. The van der Waals surface area contributed by atoms with Gasteiger partial charge in [-0.2, -0.15) is 4.31 Å². The summed E-state index contributed by atoms with van der Waals surface area (Å²) in [7, 11) is -3.54. The number of nitrogens with zero attached hydrogens (tertiary/aromatic N) is 1. The van der Waals surface area contributed by atoms with Crippen LogP contribution in [0.3, 0.4) is 0 Å². The van der Waals surface area contributed by atoms with Crippen LogP contribution in [0.5, 0.6) is 0 Å². The molecule has 7 heteroatoms. The van der Waals surface area contributed by atoms with Crippen molar-refractivity contribution in [2.45, 2.75) is 38.2 Å². The minimum Gasteiger partial charge on any atom is -0.392 e. The summed E-state index contributed by atoms with van der Waals surface area (Å²) >= 11 is 0. The van der Waals surface area contributed by atoms with Gasteiger partial charge in [0.2, 0.25) is 15.9 Å². The number of benzene rings is 2. The number of aliphatic hydroxyl groups is 1. The number of aryl methyl sites for hydroxylation is 2. The highest BCUT2D eigenvalue weighted by Gasteiger charge is 2.32. The molecule has 0 aromatic heterocycles. The number of anilines is 1. The Kier molecular flexibility index (Phi) is 6.17. The van der Waals surface area contributed by atoms with E-state index < -0.39 is 10.0 Å². The van der Waals surface area contributed by atoms with Crippen molar-refractivity contribution in [3.63, 3.8) is 0 Å². The second-order valence-corrected chi connectivity index (χ2v) is 9.21. The second kappa shape index (κ2) is 8.43. The lowest BCUT2D eigenvalue weighted by Crippen LogP contribution is -2.41. The van der Waals surface area contributed by atoms with Crippen molar-refractivity contribution in [2.24, 2.45) is 5.92 Å². The van der Waals surface area contributed by atoms with Gasteiger partial charge in [-0.05, 0) is 67.6 Å². The van der Waals surface area contributed by atoms with E-state index >= 15 is 0 Å². The molecule has 0 bridgehead atoms. The maximum Gasteiger partial charge on any atom is 0.243 e. The zero-order valence-corrected chi connectivity index (χ0v) is 17.0. The van der Waals surface area contributed by atoms with E-state index in [1.54, 1.807) is 36.4 Å². The van der Waals surface area contributed by atoms with Crippen LogP contribution < -0.4 is 5.32 Å². The number of hydrogen-bond acceptors (Lipinski definition) is 4. The first-order chi connectivity index (χ1) is 13.3. The first-order valence-electron chi connectivity index (χ1n) is 9.39. The maximum absolute atomic E-state index is 12.9. The molecule has 6 nitrogen and oxygen atoms in total.